The van der Waals surface area contributed by atoms with Crippen LogP contribution in [-0.2, 0) is 4.79 Å². The third-order valence-corrected chi connectivity index (χ3v) is 1.69. The summed E-state index contributed by atoms with van der Waals surface area (Å²) in [6, 6.07) is 5.64. The monoisotopic (exact) mass is 199 g/mol. The average molecular weight is 199 g/mol. The highest BCUT2D eigenvalue weighted by molar-refractivity contribution is 7.80. The van der Waals surface area contributed by atoms with Crippen LogP contribution in [0.4, 0.5) is 10.1 Å². The first kappa shape index (κ1) is 10.1. The standard InChI is InChI=1S/C9H10FNOS/c10-7-1-3-8(4-2-7)11-9(12)5-6-13/h1-4,13H,5-6H2,(H,11,12). The largest absolute Gasteiger partial charge is 0.326 e. The van der Waals surface area contributed by atoms with Crippen molar-refractivity contribution in [3.8, 4) is 0 Å². The molecule has 0 aliphatic carbocycles. The third-order valence-electron chi connectivity index (χ3n) is 1.47. The van der Waals surface area contributed by atoms with E-state index in [0.29, 0.717) is 17.9 Å². The number of nitrogens with one attached hydrogen (secondary N) is 1. The maximum Gasteiger partial charge on any atom is 0.225 e. The predicted octanol–water partition coefficient (Wildman–Crippen LogP) is 2.08. The maximum atomic E-state index is 12.4. The lowest BCUT2D eigenvalue weighted by molar-refractivity contribution is -0.115. The molecule has 1 aromatic rings. The lowest BCUT2D eigenvalue weighted by Gasteiger charge is -2.02. The molecule has 1 amide bonds. The quantitative estimate of drug-likeness (QED) is 0.717. The van der Waals surface area contributed by atoms with Crippen molar-refractivity contribution >= 4 is 24.2 Å². The van der Waals surface area contributed by atoms with Gasteiger partial charge in [-0.15, -0.1) is 0 Å². The summed E-state index contributed by atoms with van der Waals surface area (Å²) in [6.45, 7) is 0. The lowest BCUT2D eigenvalue weighted by atomic mass is 10.3. The maximum absolute atomic E-state index is 12.4. The first-order valence-corrected chi connectivity index (χ1v) is 4.52. The Balaban J connectivity index is 2.54. The number of amides is 1. The van der Waals surface area contributed by atoms with Crippen LogP contribution < -0.4 is 5.32 Å². The van der Waals surface area contributed by atoms with Crippen molar-refractivity contribution in [1.82, 2.24) is 0 Å². The lowest BCUT2D eigenvalue weighted by Crippen LogP contribution is -2.11. The number of hydrogen-bond donors (Lipinski definition) is 2. The van der Waals surface area contributed by atoms with Crippen molar-refractivity contribution in [1.29, 1.82) is 0 Å². The molecule has 2 nitrogen and oxygen atoms in total. The van der Waals surface area contributed by atoms with E-state index in [-0.39, 0.29) is 11.7 Å². The van der Waals surface area contributed by atoms with E-state index >= 15 is 0 Å². The molecule has 0 saturated heterocycles. The molecular formula is C9H10FNOS. The summed E-state index contributed by atoms with van der Waals surface area (Å²) in [5.41, 5.74) is 0.605. The highest BCUT2D eigenvalue weighted by Gasteiger charge is 1.99. The highest BCUT2D eigenvalue weighted by atomic mass is 32.1. The zero-order valence-corrected chi connectivity index (χ0v) is 7.85. The average Bonchev–Trinajstić information content (AvgIpc) is 2.09. The van der Waals surface area contributed by atoms with Crippen LogP contribution in [0.2, 0.25) is 0 Å². The van der Waals surface area contributed by atoms with Crippen LogP contribution in [0, 0.1) is 5.82 Å². The molecule has 0 fully saturated rings. The number of hydrogen-bond acceptors (Lipinski definition) is 2. The van der Waals surface area contributed by atoms with E-state index in [1.54, 1.807) is 0 Å². The van der Waals surface area contributed by atoms with E-state index in [4.69, 9.17) is 0 Å². The molecule has 1 rings (SSSR count). The molecule has 13 heavy (non-hydrogen) atoms. The van der Waals surface area contributed by atoms with E-state index in [9.17, 15) is 9.18 Å². The third kappa shape index (κ3) is 3.46. The van der Waals surface area contributed by atoms with Crippen molar-refractivity contribution < 1.29 is 9.18 Å². The number of anilines is 1. The molecule has 0 atom stereocenters. The van der Waals surface area contributed by atoms with Gasteiger partial charge in [0.25, 0.3) is 0 Å². The Morgan fingerprint density at radius 3 is 2.54 bits per heavy atom. The summed E-state index contributed by atoms with van der Waals surface area (Å²) in [5, 5.41) is 2.62. The fraction of sp³-hybridized carbons (Fsp3) is 0.222. The van der Waals surface area contributed by atoms with Gasteiger partial charge < -0.3 is 5.32 Å². The minimum Gasteiger partial charge on any atom is -0.326 e. The Kier molecular flexibility index (Phi) is 3.76. The molecule has 1 aromatic carbocycles. The van der Waals surface area contributed by atoms with Gasteiger partial charge in [-0.05, 0) is 30.0 Å². The molecule has 4 heteroatoms. The van der Waals surface area contributed by atoms with Gasteiger partial charge in [0.05, 0.1) is 0 Å². The number of carbonyl (C=O) groups excluding carboxylic acids is 1. The summed E-state index contributed by atoms with van der Waals surface area (Å²) in [7, 11) is 0. The Bertz CT molecular complexity index is 286. The molecule has 0 bridgehead atoms. The smallest absolute Gasteiger partial charge is 0.225 e. The van der Waals surface area contributed by atoms with Gasteiger partial charge in [0, 0.05) is 12.1 Å². The summed E-state index contributed by atoms with van der Waals surface area (Å²) < 4.78 is 12.4. The van der Waals surface area contributed by atoms with Crippen LogP contribution in [0.15, 0.2) is 24.3 Å². The van der Waals surface area contributed by atoms with Gasteiger partial charge in [0.1, 0.15) is 5.82 Å². The Morgan fingerprint density at radius 1 is 1.38 bits per heavy atom. The summed E-state index contributed by atoms with van der Waals surface area (Å²) in [4.78, 5) is 11.0. The van der Waals surface area contributed by atoms with E-state index < -0.39 is 0 Å². The van der Waals surface area contributed by atoms with Crippen molar-refractivity contribution in [3.05, 3.63) is 30.1 Å². The second-order valence-corrected chi connectivity index (χ2v) is 2.98. The summed E-state index contributed by atoms with van der Waals surface area (Å²) >= 11 is 3.92. The van der Waals surface area contributed by atoms with Gasteiger partial charge in [-0.3, -0.25) is 4.79 Å². The molecule has 0 unspecified atom stereocenters. The second kappa shape index (κ2) is 4.87. The van der Waals surface area contributed by atoms with E-state index in [1.807, 2.05) is 0 Å². The van der Waals surface area contributed by atoms with Gasteiger partial charge in [-0.2, -0.15) is 12.6 Å². The van der Waals surface area contributed by atoms with Gasteiger partial charge in [-0.25, -0.2) is 4.39 Å². The summed E-state index contributed by atoms with van der Waals surface area (Å²) in [5.74, 6) is 0.0846. The number of halogens is 1. The Morgan fingerprint density at radius 2 is 2.00 bits per heavy atom. The topological polar surface area (TPSA) is 29.1 Å². The van der Waals surface area contributed by atoms with Crippen LogP contribution in [0.3, 0.4) is 0 Å². The highest BCUT2D eigenvalue weighted by Crippen LogP contribution is 2.08. The number of carbonyl (C=O) groups is 1. The van der Waals surface area contributed by atoms with Crippen LogP contribution in [0.25, 0.3) is 0 Å². The molecule has 0 aliphatic heterocycles. The molecule has 0 aromatic heterocycles. The SMILES string of the molecule is O=C(CCS)Nc1ccc(F)cc1. The molecule has 0 aliphatic rings. The van der Waals surface area contributed by atoms with E-state index in [0.717, 1.165) is 0 Å². The first-order valence-electron chi connectivity index (χ1n) is 3.88. The molecule has 70 valence electrons. The van der Waals surface area contributed by atoms with Gasteiger partial charge in [0.2, 0.25) is 5.91 Å². The summed E-state index contributed by atoms with van der Waals surface area (Å²) in [6.07, 6.45) is 0.362. The molecule has 1 N–H and O–H groups in total. The van der Waals surface area contributed by atoms with E-state index in [1.165, 1.54) is 24.3 Å². The normalized spacial score (nSPS) is 9.69. The number of thiol groups is 1. The molecule has 0 spiro atoms. The second-order valence-electron chi connectivity index (χ2n) is 2.53. The van der Waals surface area contributed by atoms with Gasteiger partial charge in [-0.1, -0.05) is 0 Å². The van der Waals surface area contributed by atoms with Crippen LogP contribution in [-0.4, -0.2) is 11.7 Å². The van der Waals surface area contributed by atoms with Crippen LogP contribution in [0.5, 0.6) is 0 Å². The van der Waals surface area contributed by atoms with Crippen molar-refractivity contribution in [2.45, 2.75) is 6.42 Å². The van der Waals surface area contributed by atoms with Crippen molar-refractivity contribution in [2.24, 2.45) is 0 Å². The van der Waals surface area contributed by atoms with E-state index in [2.05, 4.69) is 17.9 Å². The minimum absolute atomic E-state index is 0.110. The zero-order chi connectivity index (χ0) is 9.68. The van der Waals surface area contributed by atoms with Crippen LogP contribution >= 0.6 is 12.6 Å². The fourth-order valence-corrected chi connectivity index (χ4v) is 1.06. The van der Waals surface area contributed by atoms with Crippen molar-refractivity contribution in [2.75, 3.05) is 11.1 Å². The molecular weight excluding hydrogens is 189 g/mol. The van der Waals surface area contributed by atoms with Crippen LogP contribution in [0.1, 0.15) is 6.42 Å². The predicted molar refractivity (Wildman–Crippen MR) is 53.5 cm³/mol. The Labute approximate surface area is 81.6 Å². The van der Waals surface area contributed by atoms with Crippen molar-refractivity contribution in [3.63, 3.8) is 0 Å². The Hall–Kier alpha value is -1.03. The fourth-order valence-electron chi connectivity index (χ4n) is 0.858. The molecule has 0 heterocycles. The van der Waals surface area contributed by atoms with Gasteiger partial charge in [0.15, 0.2) is 0 Å². The first-order chi connectivity index (χ1) is 6.22. The number of benzene rings is 1. The zero-order valence-electron chi connectivity index (χ0n) is 6.96. The van der Waals surface area contributed by atoms with Gasteiger partial charge >= 0.3 is 0 Å². The number of rotatable bonds is 3. The molecule has 0 saturated carbocycles. The minimum atomic E-state index is -0.313. The molecule has 0 radical (unpaired) electrons.